The fourth-order valence-electron chi connectivity index (χ4n) is 2.37. The summed E-state index contributed by atoms with van der Waals surface area (Å²) < 4.78 is 24.5. The predicted octanol–water partition coefficient (Wildman–Crippen LogP) is 0.444. The number of piperidine rings is 1. The largest absolute Gasteiger partial charge is 0.298 e. The van der Waals surface area contributed by atoms with Crippen molar-refractivity contribution in [3.63, 3.8) is 0 Å². The Bertz CT molecular complexity index is 475. The highest BCUT2D eigenvalue weighted by molar-refractivity contribution is 7.87. The van der Waals surface area contributed by atoms with E-state index in [1.165, 1.54) is 5.56 Å². The first-order valence-corrected chi connectivity index (χ1v) is 7.64. The van der Waals surface area contributed by atoms with E-state index in [-0.39, 0.29) is 6.04 Å². The van der Waals surface area contributed by atoms with Crippen LogP contribution in [0.2, 0.25) is 0 Å². The Hall–Kier alpha value is -0.950. The average molecular weight is 269 g/mol. The summed E-state index contributed by atoms with van der Waals surface area (Å²) in [5.74, 6) is 0. The zero-order chi connectivity index (χ0) is 13.0. The van der Waals surface area contributed by atoms with Gasteiger partial charge in [0.25, 0.3) is 10.2 Å². The summed E-state index contributed by atoms with van der Waals surface area (Å²) in [5.41, 5.74) is 1.24. The third-order valence-corrected chi connectivity index (χ3v) is 3.75. The number of hydrogen-bond acceptors (Lipinski definition) is 3. The lowest BCUT2D eigenvalue weighted by Crippen LogP contribution is -2.49. The van der Waals surface area contributed by atoms with Gasteiger partial charge >= 0.3 is 0 Å². The number of benzene rings is 1. The van der Waals surface area contributed by atoms with E-state index in [4.69, 9.17) is 5.14 Å². The smallest absolute Gasteiger partial charge is 0.274 e. The Morgan fingerprint density at radius 3 is 2.72 bits per heavy atom. The lowest BCUT2D eigenvalue weighted by Gasteiger charge is -2.32. The van der Waals surface area contributed by atoms with Crippen LogP contribution >= 0.6 is 0 Å². The Balaban J connectivity index is 1.91. The van der Waals surface area contributed by atoms with Gasteiger partial charge in [-0.1, -0.05) is 30.3 Å². The molecular weight excluding hydrogens is 250 g/mol. The van der Waals surface area contributed by atoms with Crippen molar-refractivity contribution in [2.24, 2.45) is 5.14 Å². The van der Waals surface area contributed by atoms with Gasteiger partial charge in [-0.05, 0) is 24.9 Å². The summed E-state index contributed by atoms with van der Waals surface area (Å²) in [6.45, 7) is 2.56. The van der Waals surface area contributed by atoms with Gasteiger partial charge in [-0.3, -0.25) is 4.90 Å². The third kappa shape index (κ3) is 4.38. The standard InChI is InChI=1S/C12H19N3O2S/c13-18(16,17)14-12-7-4-8-15(10-12)9-11-5-2-1-3-6-11/h1-3,5-6,12,14H,4,7-10H2,(H2,13,16,17). The Kier molecular flexibility index (Phi) is 4.34. The van der Waals surface area contributed by atoms with Crippen molar-refractivity contribution in [2.45, 2.75) is 25.4 Å². The summed E-state index contributed by atoms with van der Waals surface area (Å²) in [5, 5.41) is 5.01. The van der Waals surface area contributed by atoms with E-state index in [2.05, 4.69) is 21.8 Å². The minimum atomic E-state index is -3.60. The van der Waals surface area contributed by atoms with Crippen LogP contribution in [0.15, 0.2) is 30.3 Å². The van der Waals surface area contributed by atoms with Gasteiger partial charge in [-0.15, -0.1) is 0 Å². The Morgan fingerprint density at radius 2 is 2.06 bits per heavy atom. The molecule has 1 atom stereocenters. The molecule has 0 bridgehead atoms. The molecule has 1 heterocycles. The summed E-state index contributed by atoms with van der Waals surface area (Å²) in [7, 11) is -3.60. The molecule has 1 aliphatic rings. The molecule has 0 aromatic heterocycles. The van der Waals surface area contributed by atoms with Crippen LogP contribution in [-0.2, 0) is 16.8 Å². The topological polar surface area (TPSA) is 75.4 Å². The van der Waals surface area contributed by atoms with Gasteiger partial charge in [0.1, 0.15) is 0 Å². The molecule has 18 heavy (non-hydrogen) atoms. The first-order valence-electron chi connectivity index (χ1n) is 6.09. The van der Waals surface area contributed by atoms with Crippen molar-refractivity contribution >= 4 is 10.2 Å². The molecule has 0 amide bonds. The quantitative estimate of drug-likeness (QED) is 0.833. The van der Waals surface area contributed by atoms with E-state index in [9.17, 15) is 8.42 Å². The van der Waals surface area contributed by atoms with Crippen LogP contribution in [0.1, 0.15) is 18.4 Å². The molecule has 100 valence electrons. The molecule has 5 nitrogen and oxygen atoms in total. The second kappa shape index (κ2) is 5.79. The zero-order valence-corrected chi connectivity index (χ0v) is 11.1. The van der Waals surface area contributed by atoms with Gasteiger partial charge in [-0.2, -0.15) is 13.1 Å². The van der Waals surface area contributed by atoms with Crippen LogP contribution in [0.25, 0.3) is 0 Å². The monoisotopic (exact) mass is 269 g/mol. The predicted molar refractivity (Wildman–Crippen MR) is 71.0 cm³/mol. The molecular formula is C12H19N3O2S. The van der Waals surface area contributed by atoms with Crippen LogP contribution in [0, 0.1) is 0 Å². The number of nitrogens with one attached hydrogen (secondary N) is 1. The number of nitrogens with zero attached hydrogens (tertiary/aromatic N) is 1. The third-order valence-electron chi connectivity index (χ3n) is 3.09. The van der Waals surface area contributed by atoms with Gasteiger partial charge in [-0.25, -0.2) is 5.14 Å². The van der Waals surface area contributed by atoms with Crippen LogP contribution in [0.3, 0.4) is 0 Å². The van der Waals surface area contributed by atoms with E-state index in [1.54, 1.807) is 0 Å². The van der Waals surface area contributed by atoms with Crippen molar-refractivity contribution in [2.75, 3.05) is 13.1 Å². The first kappa shape index (κ1) is 13.5. The van der Waals surface area contributed by atoms with Gasteiger partial charge in [0.2, 0.25) is 0 Å². The van der Waals surface area contributed by atoms with Crippen LogP contribution in [0.4, 0.5) is 0 Å². The van der Waals surface area contributed by atoms with Crippen molar-refractivity contribution in [3.05, 3.63) is 35.9 Å². The van der Waals surface area contributed by atoms with Crippen molar-refractivity contribution in [1.29, 1.82) is 0 Å². The number of rotatable bonds is 4. The van der Waals surface area contributed by atoms with Crippen molar-refractivity contribution < 1.29 is 8.42 Å². The molecule has 1 aromatic rings. The molecule has 2 rings (SSSR count). The summed E-state index contributed by atoms with van der Waals surface area (Å²) in [6.07, 6.45) is 1.84. The van der Waals surface area contributed by atoms with Gasteiger partial charge in [0, 0.05) is 19.1 Å². The second-order valence-corrected chi connectivity index (χ2v) is 6.05. The highest BCUT2D eigenvalue weighted by atomic mass is 32.2. The summed E-state index contributed by atoms with van der Waals surface area (Å²) >= 11 is 0. The van der Waals surface area contributed by atoms with E-state index in [0.29, 0.717) is 6.54 Å². The highest BCUT2D eigenvalue weighted by Crippen LogP contribution is 2.13. The van der Waals surface area contributed by atoms with E-state index < -0.39 is 10.2 Å². The molecule has 1 aromatic carbocycles. The zero-order valence-electron chi connectivity index (χ0n) is 10.2. The van der Waals surface area contributed by atoms with Crippen molar-refractivity contribution in [3.8, 4) is 0 Å². The molecule has 1 aliphatic heterocycles. The molecule has 1 saturated heterocycles. The molecule has 6 heteroatoms. The minimum absolute atomic E-state index is 0.0718. The van der Waals surface area contributed by atoms with Crippen molar-refractivity contribution in [1.82, 2.24) is 9.62 Å². The maximum atomic E-state index is 11.0. The highest BCUT2D eigenvalue weighted by Gasteiger charge is 2.22. The summed E-state index contributed by atoms with van der Waals surface area (Å²) in [4.78, 5) is 2.25. The minimum Gasteiger partial charge on any atom is -0.298 e. The first-order chi connectivity index (χ1) is 8.53. The lowest BCUT2D eigenvalue weighted by molar-refractivity contribution is 0.194. The lowest BCUT2D eigenvalue weighted by atomic mass is 10.1. The maximum Gasteiger partial charge on any atom is 0.274 e. The number of nitrogens with two attached hydrogens (primary N) is 1. The van der Waals surface area contributed by atoms with Crippen LogP contribution in [0.5, 0.6) is 0 Å². The van der Waals surface area contributed by atoms with Gasteiger partial charge in [0.05, 0.1) is 0 Å². The molecule has 0 aliphatic carbocycles. The SMILES string of the molecule is NS(=O)(=O)NC1CCCN(Cc2ccccc2)C1. The second-order valence-electron chi connectivity index (χ2n) is 4.72. The van der Waals surface area contributed by atoms with E-state index >= 15 is 0 Å². The molecule has 1 fully saturated rings. The fourth-order valence-corrected chi connectivity index (χ4v) is 3.03. The van der Waals surface area contributed by atoms with E-state index in [1.807, 2.05) is 18.2 Å². The van der Waals surface area contributed by atoms with Crippen LogP contribution in [-0.4, -0.2) is 32.4 Å². The normalized spacial score (nSPS) is 21.9. The molecule has 0 saturated carbocycles. The molecule has 3 N–H and O–H groups in total. The molecule has 0 radical (unpaired) electrons. The van der Waals surface area contributed by atoms with Gasteiger partial charge in [0.15, 0.2) is 0 Å². The number of likely N-dealkylation sites (tertiary alicyclic amines) is 1. The molecule has 1 unspecified atom stereocenters. The Labute approximate surface area is 108 Å². The summed E-state index contributed by atoms with van der Waals surface area (Å²) in [6, 6.07) is 10.1. The maximum absolute atomic E-state index is 11.0. The average Bonchev–Trinajstić information content (AvgIpc) is 2.28. The molecule has 0 spiro atoms. The fraction of sp³-hybridized carbons (Fsp3) is 0.500. The number of hydrogen-bond donors (Lipinski definition) is 2. The van der Waals surface area contributed by atoms with Gasteiger partial charge < -0.3 is 0 Å². The van der Waals surface area contributed by atoms with Crippen LogP contribution < -0.4 is 9.86 Å². The Morgan fingerprint density at radius 1 is 1.33 bits per heavy atom. The van der Waals surface area contributed by atoms with E-state index in [0.717, 1.165) is 25.9 Å².